The van der Waals surface area contributed by atoms with Crippen LogP contribution in [-0.4, -0.2) is 12.7 Å². The molecule has 1 radical (unpaired) electrons. The Morgan fingerprint density at radius 3 is 3.08 bits per heavy atom. The SMILES string of the molecule is [CH2]CO[C@H]1C[C@H]2C[C@@H]1[C@@H]1CC=C[C@H]21. The maximum absolute atomic E-state index is 5.71. The lowest BCUT2D eigenvalue weighted by molar-refractivity contribution is 0.00608. The number of hydrogen-bond acceptors (Lipinski definition) is 1. The van der Waals surface area contributed by atoms with Crippen LogP contribution in [0.4, 0.5) is 0 Å². The molecule has 5 atom stereocenters. The molecule has 71 valence electrons. The summed E-state index contributed by atoms with van der Waals surface area (Å²) in [5.74, 6) is 3.63. The topological polar surface area (TPSA) is 9.23 Å². The third kappa shape index (κ3) is 1.03. The lowest BCUT2D eigenvalue weighted by atomic mass is 9.80. The Morgan fingerprint density at radius 2 is 2.23 bits per heavy atom. The minimum Gasteiger partial charge on any atom is -0.378 e. The fraction of sp³-hybridized carbons (Fsp3) is 0.750. The molecule has 3 aliphatic rings. The van der Waals surface area contributed by atoms with Gasteiger partial charge >= 0.3 is 0 Å². The monoisotopic (exact) mass is 177 g/mol. The normalized spacial score (nSPS) is 51.6. The Bertz CT molecular complexity index is 233. The van der Waals surface area contributed by atoms with Gasteiger partial charge in [0.1, 0.15) is 0 Å². The molecule has 0 unspecified atom stereocenters. The number of hydrogen-bond donors (Lipinski definition) is 0. The molecule has 0 N–H and O–H groups in total. The Hall–Kier alpha value is -0.300. The zero-order valence-corrected chi connectivity index (χ0v) is 7.99. The molecule has 2 fully saturated rings. The van der Waals surface area contributed by atoms with Crippen LogP contribution in [0.2, 0.25) is 0 Å². The number of allylic oxidation sites excluding steroid dienone is 2. The maximum Gasteiger partial charge on any atom is 0.0609 e. The fourth-order valence-corrected chi connectivity index (χ4v) is 3.84. The molecule has 2 saturated carbocycles. The van der Waals surface area contributed by atoms with Crippen LogP contribution in [0.1, 0.15) is 19.3 Å². The predicted octanol–water partition coefficient (Wildman–Crippen LogP) is 2.44. The summed E-state index contributed by atoms with van der Waals surface area (Å²) in [6.45, 7) is 4.43. The fourth-order valence-electron chi connectivity index (χ4n) is 3.84. The Kier molecular flexibility index (Phi) is 1.76. The molecule has 0 saturated heterocycles. The maximum atomic E-state index is 5.71. The molecule has 2 bridgehead atoms. The van der Waals surface area contributed by atoms with Crippen molar-refractivity contribution in [2.45, 2.75) is 25.4 Å². The molecule has 0 aromatic rings. The van der Waals surface area contributed by atoms with E-state index < -0.39 is 0 Å². The quantitative estimate of drug-likeness (QED) is 0.589. The van der Waals surface area contributed by atoms with E-state index >= 15 is 0 Å². The molecule has 13 heavy (non-hydrogen) atoms. The van der Waals surface area contributed by atoms with Crippen molar-refractivity contribution in [3.63, 3.8) is 0 Å². The summed E-state index contributed by atoms with van der Waals surface area (Å²) >= 11 is 0. The molecule has 0 aromatic carbocycles. The molecule has 0 heterocycles. The van der Waals surface area contributed by atoms with E-state index in [1.165, 1.54) is 19.3 Å². The van der Waals surface area contributed by atoms with E-state index in [1.807, 2.05) is 0 Å². The van der Waals surface area contributed by atoms with E-state index in [9.17, 15) is 0 Å². The first-order chi connectivity index (χ1) is 6.40. The third-order valence-corrected chi connectivity index (χ3v) is 4.27. The van der Waals surface area contributed by atoms with Crippen LogP contribution in [0.15, 0.2) is 12.2 Å². The smallest absolute Gasteiger partial charge is 0.0609 e. The zero-order chi connectivity index (χ0) is 8.84. The minimum atomic E-state index is 0.545. The Labute approximate surface area is 80.2 Å². The van der Waals surface area contributed by atoms with Crippen LogP contribution >= 0.6 is 0 Å². The largest absolute Gasteiger partial charge is 0.378 e. The van der Waals surface area contributed by atoms with Crippen LogP contribution in [-0.2, 0) is 4.74 Å². The third-order valence-electron chi connectivity index (χ3n) is 4.27. The van der Waals surface area contributed by atoms with Gasteiger partial charge in [-0.05, 0) is 49.9 Å². The molecule has 0 aliphatic heterocycles. The second-order valence-corrected chi connectivity index (χ2v) is 4.71. The highest BCUT2D eigenvalue weighted by Gasteiger charge is 2.52. The highest BCUT2D eigenvalue weighted by molar-refractivity contribution is 5.14. The number of rotatable bonds is 2. The van der Waals surface area contributed by atoms with Gasteiger partial charge in [-0.3, -0.25) is 0 Å². The number of fused-ring (bicyclic) bond motifs is 5. The van der Waals surface area contributed by atoms with Gasteiger partial charge in [0, 0.05) is 6.61 Å². The Morgan fingerprint density at radius 1 is 1.31 bits per heavy atom. The average Bonchev–Trinajstić information content (AvgIpc) is 2.72. The average molecular weight is 177 g/mol. The number of ether oxygens (including phenoxy) is 1. The van der Waals surface area contributed by atoms with Crippen molar-refractivity contribution in [2.24, 2.45) is 23.7 Å². The van der Waals surface area contributed by atoms with E-state index in [-0.39, 0.29) is 0 Å². The van der Waals surface area contributed by atoms with Crippen molar-refractivity contribution < 1.29 is 4.74 Å². The van der Waals surface area contributed by atoms with Crippen LogP contribution in [0.5, 0.6) is 0 Å². The van der Waals surface area contributed by atoms with Gasteiger partial charge in [0.15, 0.2) is 0 Å². The van der Waals surface area contributed by atoms with Crippen molar-refractivity contribution >= 4 is 0 Å². The highest BCUT2D eigenvalue weighted by Crippen LogP contribution is 2.57. The van der Waals surface area contributed by atoms with Gasteiger partial charge in [-0.15, -0.1) is 0 Å². The molecule has 3 aliphatic carbocycles. The summed E-state index contributed by atoms with van der Waals surface area (Å²) in [5.41, 5.74) is 0. The van der Waals surface area contributed by atoms with E-state index in [0.717, 1.165) is 23.7 Å². The van der Waals surface area contributed by atoms with Crippen molar-refractivity contribution in [3.05, 3.63) is 19.1 Å². The van der Waals surface area contributed by atoms with Crippen molar-refractivity contribution in [1.29, 1.82) is 0 Å². The van der Waals surface area contributed by atoms with Gasteiger partial charge in [0.25, 0.3) is 0 Å². The first-order valence-electron chi connectivity index (χ1n) is 5.47. The van der Waals surface area contributed by atoms with Gasteiger partial charge in [0.05, 0.1) is 6.10 Å². The molecule has 0 spiro atoms. The molecule has 0 aromatic heterocycles. The standard InChI is InChI=1S/C12H17O/c1-2-13-12-7-8-6-11(12)10-5-3-4-9(8)10/h3-4,8-12H,1-2,5-7H2/t8-,9-,10-,11-,12+/m1/s1. The molecule has 0 amide bonds. The summed E-state index contributed by atoms with van der Waals surface area (Å²) in [5, 5.41) is 0. The lowest BCUT2D eigenvalue weighted by Gasteiger charge is -2.31. The van der Waals surface area contributed by atoms with Crippen LogP contribution in [0.3, 0.4) is 0 Å². The molecule has 1 heteroatoms. The molecule has 1 nitrogen and oxygen atoms in total. The first-order valence-corrected chi connectivity index (χ1v) is 5.47. The van der Waals surface area contributed by atoms with E-state index in [2.05, 4.69) is 19.1 Å². The van der Waals surface area contributed by atoms with Gasteiger partial charge in [0.2, 0.25) is 0 Å². The summed E-state index contributed by atoms with van der Waals surface area (Å²) in [7, 11) is 0. The van der Waals surface area contributed by atoms with Crippen molar-refractivity contribution in [2.75, 3.05) is 6.61 Å². The lowest BCUT2D eigenvalue weighted by Crippen LogP contribution is -2.30. The van der Waals surface area contributed by atoms with E-state index in [0.29, 0.717) is 12.7 Å². The first kappa shape index (κ1) is 8.05. The Balaban J connectivity index is 1.76. The van der Waals surface area contributed by atoms with E-state index in [1.54, 1.807) is 0 Å². The molecular weight excluding hydrogens is 160 g/mol. The van der Waals surface area contributed by atoms with Crippen LogP contribution < -0.4 is 0 Å². The highest BCUT2D eigenvalue weighted by atomic mass is 16.5. The zero-order valence-electron chi connectivity index (χ0n) is 7.99. The summed E-state index contributed by atoms with van der Waals surface area (Å²) < 4.78 is 5.71. The van der Waals surface area contributed by atoms with Gasteiger partial charge in [-0.1, -0.05) is 12.2 Å². The van der Waals surface area contributed by atoms with Crippen LogP contribution in [0.25, 0.3) is 0 Å². The van der Waals surface area contributed by atoms with Crippen LogP contribution in [0, 0.1) is 30.6 Å². The summed E-state index contributed by atoms with van der Waals surface area (Å²) in [6, 6.07) is 0. The molecule has 3 rings (SSSR count). The van der Waals surface area contributed by atoms with Crippen molar-refractivity contribution in [1.82, 2.24) is 0 Å². The van der Waals surface area contributed by atoms with Gasteiger partial charge < -0.3 is 4.74 Å². The minimum absolute atomic E-state index is 0.545. The molecular formula is C12H17O. The van der Waals surface area contributed by atoms with Gasteiger partial charge in [-0.25, -0.2) is 0 Å². The predicted molar refractivity (Wildman–Crippen MR) is 52.0 cm³/mol. The van der Waals surface area contributed by atoms with Gasteiger partial charge in [-0.2, -0.15) is 0 Å². The summed E-state index contributed by atoms with van der Waals surface area (Å²) in [6.07, 6.45) is 9.40. The van der Waals surface area contributed by atoms with E-state index in [4.69, 9.17) is 4.74 Å². The second kappa shape index (κ2) is 2.84. The van der Waals surface area contributed by atoms with Crippen molar-refractivity contribution in [3.8, 4) is 0 Å². The summed E-state index contributed by atoms with van der Waals surface area (Å²) in [4.78, 5) is 0. The second-order valence-electron chi connectivity index (χ2n) is 4.71.